The highest BCUT2D eigenvalue weighted by molar-refractivity contribution is 5.92. The normalized spacial score (nSPS) is 33.4. The van der Waals surface area contributed by atoms with Crippen LogP contribution in [0, 0.1) is 0 Å². The van der Waals surface area contributed by atoms with Gasteiger partial charge >= 0.3 is 0 Å². The van der Waals surface area contributed by atoms with Crippen LogP contribution < -0.4 is 5.43 Å². The molecule has 0 aliphatic carbocycles. The summed E-state index contributed by atoms with van der Waals surface area (Å²) >= 11 is 0. The van der Waals surface area contributed by atoms with Crippen LogP contribution in [0.5, 0.6) is 11.5 Å². The van der Waals surface area contributed by atoms with Gasteiger partial charge in [0, 0.05) is 17.7 Å². The first-order valence-corrected chi connectivity index (χ1v) is 12.3. The number of carbonyl (C=O) groups is 1. The van der Waals surface area contributed by atoms with Gasteiger partial charge in [0.2, 0.25) is 0 Å². The number of aliphatic hydroxyl groups excluding tert-OH is 4. The van der Waals surface area contributed by atoms with Crippen LogP contribution in [-0.2, 0) is 19.0 Å². The number of Topliss-reactive ketones (excluding diaryl/α,β-unsaturated/α-hetero) is 1. The molecular weight excluding hydrogens is 516 g/mol. The number of ether oxygens (including phenoxy) is 3. The molecule has 6 N–H and O–H groups in total. The third-order valence-corrected chi connectivity index (χ3v) is 7.10. The molecule has 0 amide bonds. The minimum Gasteiger partial charge on any atom is -0.507 e. The lowest BCUT2D eigenvalue weighted by atomic mass is 9.90. The molecule has 2 aliphatic heterocycles. The molecule has 3 heterocycles. The number of aromatic hydroxyl groups is 2. The summed E-state index contributed by atoms with van der Waals surface area (Å²) in [5.74, 6) is -2.06. The highest BCUT2D eigenvalue weighted by atomic mass is 16.7. The van der Waals surface area contributed by atoms with Gasteiger partial charge in [-0.25, -0.2) is 0 Å². The molecule has 9 atom stereocenters. The van der Waals surface area contributed by atoms with E-state index in [1.54, 1.807) is 30.3 Å². The Balaban J connectivity index is 1.58. The minimum atomic E-state index is -1.79. The second kappa shape index (κ2) is 10.3. The maximum Gasteiger partial charge on any atom is 0.197 e. The number of hydrogen-bond acceptors (Lipinski definition) is 12. The number of rotatable bonds is 4. The lowest BCUT2D eigenvalue weighted by Crippen LogP contribution is -2.60. The van der Waals surface area contributed by atoms with Crippen molar-refractivity contribution in [1.82, 2.24) is 0 Å². The molecule has 2 saturated heterocycles. The molecular formula is C27H28O12. The Morgan fingerprint density at radius 2 is 1.54 bits per heavy atom. The van der Waals surface area contributed by atoms with Gasteiger partial charge in [-0.3, -0.25) is 9.59 Å². The zero-order valence-electron chi connectivity index (χ0n) is 20.9. The molecule has 39 heavy (non-hydrogen) atoms. The second-order valence-corrected chi connectivity index (χ2v) is 9.72. The fraction of sp³-hybridized carbons (Fsp3) is 0.407. The largest absolute Gasteiger partial charge is 0.507 e. The van der Waals surface area contributed by atoms with Crippen molar-refractivity contribution in [2.45, 2.75) is 69.0 Å². The van der Waals surface area contributed by atoms with E-state index in [0.717, 1.165) is 6.07 Å². The van der Waals surface area contributed by atoms with Crippen molar-refractivity contribution < 1.29 is 54.1 Å². The van der Waals surface area contributed by atoms with Gasteiger partial charge < -0.3 is 49.3 Å². The van der Waals surface area contributed by atoms with Gasteiger partial charge in [-0.05, 0) is 13.8 Å². The quantitative estimate of drug-likeness (QED) is 0.266. The Labute approximate surface area is 221 Å². The molecule has 208 valence electrons. The molecule has 9 unspecified atom stereocenters. The Morgan fingerprint density at radius 1 is 0.846 bits per heavy atom. The van der Waals surface area contributed by atoms with E-state index < -0.39 is 83.4 Å². The predicted octanol–water partition coefficient (Wildman–Crippen LogP) is 0.474. The first-order chi connectivity index (χ1) is 18.5. The highest BCUT2D eigenvalue weighted by Gasteiger charge is 2.50. The number of phenols is 2. The monoisotopic (exact) mass is 544 g/mol. The summed E-state index contributed by atoms with van der Waals surface area (Å²) in [5.41, 5.74) is -0.578. The fourth-order valence-corrected chi connectivity index (χ4v) is 4.88. The second-order valence-electron chi connectivity index (χ2n) is 9.72. The van der Waals surface area contributed by atoms with Gasteiger partial charge in [-0.1, -0.05) is 30.3 Å². The van der Waals surface area contributed by atoms with Gasteiger partial charge in [0.1, 0.15) is 58.7 Å². The van der Waals surface area contributed by atoms with E-state index in [-0.39, 0.29) is 16.7 Å². The SMILES string of the molecule is CC1OC(c2c(O)cc3oc(-c4ccccc4)cc(=O)c3c2O)C(OC2OC(C)C(O)C(O)C2O)C(=O)C1O. The Hall–Kier alpha value is -3.36. The average Bonchev–Trinajstić information content (AvgIpc) is 2.91. The van der Waals surface area contributed by atoms with E-state index >= 15 is 0 Å². The van der Waals surface area contributed by atoms with Crippen LogP contribution in [0.25, 0.3) is 22.3 Å². The van der Waals surface area contributed by atoms with Crippen LogP contribution in [0.2, 0.25) is 0 Å². The van der Waals surface area contributed by atoms with Crippen LogP contribution in [-0.4, -0.2) is 85.4 Å². The van der Waals surface area contributed by atoms with Crippen LogP contribution in [0.1, 0.15) is 25.5 Å². The number of ketones is 1. The summed E-state index contributed by atoms with van der Waals surface area (Å²) in [6.45, 7) is 2.79. The van der Waals surface area contributed by atoms with Crippen LogP contribution in [0.3, 0.4) is 0 Å². The zero-order valence-corrected chi connectivity index (χ0v) is 20.9. The van der Waals surface area contributed by atoms with E-state index in [0.29, 0.717) is 5.56 Å². The Kier molecular flexibility index (Phi) is 7.20. The third-order valence-electron chi connectivity index (χ3n) is 7.10. The summed E-state index contributed by atoms with van der Waals surface area (Å²) in [6, 6.07) is 11.0. The van der Waals surface area contributed by atoms with Crippen LogP contribution in [0.4, 0.5) is 0 Å². The van der Waals surface area contributed by atoms with Crippen LogP contribution >= 0.6 is 0 Å². The summed E-state index contributed by atoms with van der Waals surface area (Å²) in [5, 5.41) is 62.7. The standard InChI is InChI=1S/C27H28O12/c1-10-20(31)23(34)26(39-27-24(35)22(33)19(30)11(2)37-27)25(36-10)18-14(29)9-16-17(21(18)32)13(28)8-15(38-16)12-6-4-3-5-7-12/h3-11,19-20,22,24-27,29-33,35H,1-2H3. The molecule has 3 aromatic rings. The van der Waals surface area contributed by atoms with Crippen molar-refractivity contribution in [2.75, 3.05) is 0 Å². The number of carbonyl (C=O) groups excluding carboxylic acids is 1. The first kappa shape index (κ1) is 27.2. The number of benzene rings is 2. The molecule has 0 spiro atoms. The highest BCUT2D eigenvalue weighted by Crippen LogP contribution is 2.45. The third kappa shape index (κ3) is 4.70. The molecule has 12 heteroatoms. The van der Waals surface area contributed by atoms with Gasteiger partial charge in [0.15, 0.2) is 23.6 Å². The zero-order chi connectivity index (χ0) is 28.2. The predicted molar refractivity (Wildman–Crippen MR) is 133 cm³/mol. The molecule has 5 rings (SSSR count). The van der Waals surface area contributed by atoms with E-state index in [9.17, 15) is 40.2 Å². The minimum absolute atomic E-state index is 0.134. The average molecular weight is 545 g/mol. The van der Waals surface area contributed by atoms with Crippen molar-refractivity contribution in [3.8, 4) is 22.8 Å². The molecule has 0 saturated carbocycles. The summed E-state index contributed by atoms with van der Waals surface area (Å²) in [7, 11) is 0. The van der Waals surface area contributed by atoms with Gasteiger partial charge in [0.05, 0.1) is 17.8 Å². The molecule has 12 nitrogen and oxygen atoms in total. The van der Waals surface area contributed by atoms with Crippen molar-refractivity contribution >= 4 is 16.8 Å². The number of fused-ring (bicyclic) bond motifs is 1. The van der Waals surface area contributed by atoms with Crippen molar-refractivity contribution in [2.24, 2.45) is 0 Å². The molecule has 2 fully saturated rings. The van der Waals surface area contributed by atoms with Gasteiger partial charge in [-0.15, -0.1) is 0 Å². The Morgan fingerprint density at radius 3 is 2.23 bits per heavy atom. The lowest BCUT2D eigenvalue weighted by molar-refractivity contribution is -0.314. The van der Waals surface area contributed by atoms with Crippen LogP contribution in [0.15, 0.2) is 51.7 Å². The lowest BCUT2D eigenvalue weighted by Gasteiger charge is -2.43. The van der Waals surface area contributed by atoms with E-state index in [4.69, 9.17) is 18.6 Å². The number of phenolic OH excluding ortho intramolecular Hbond substituents is 2. The molecule has 2 aromatic carbocycles. The summed E-state index contributed by atoms with van der Waals surface area (Å²) in [4.78, 5) is 26.2. The smallest absolute Gasteiger partial charge is 0.197 e. The van der Waals surface area contributed by atoms with Gasteiger partial charge in [-0.2, -0.15) is 0 Å². The van der Waals surface area contributed by atoms with E-state index in [2.05, 4.69) is 0 Å². The maximum absolute atomic E-state index is 13.1. The fourth-order valence-electron chi connectivity index (χ4n) is 4.88. The summed E-state index contributed by atoms with van der Waals surface area (Å²) in [6.07, 6.45) is -13.7. The molecule has 1 aromatic heterocycles. The molecule has 0 radical (unpaired) electrons. The topological polar surface area (TPSA) is 196 Å². The van der Waals surface area contributed by atoms with Crippen molar-refractivity contribution in [1.29, 1.82) is 0 Å². The van der Waals surface area contributed by atoms with E-state index in [1.807, 2.05) is 0 Å². The number of aliphatic hydroxyl groups is 4. The first-order valence-electron chi connectivity index (χ1n) is 12.3. The molecule has 2 aliphatic rings. The van der Waals surface area contributed by atoms with Crippen molar-refractivity contribution in [3.05, 3.63) is 58.3 Å². The maximum atomic E-state index is 13.1. The molecule has 0 bridgehead atoms. The summed E-state index contributed by atoms with van der Waals surface area (Å²) < 4.78 is 22.6. The van der Waals surface area contributed by atoms with E-state index in [1.165, 1.54) is 19.9 Å². The Bertz CT molecular complexity index is 1440. The van der Waals surface area contributed by atoms with Gasteiger partial charge in [0.25, 0.3) is 0 Å². The van der Waals surface area contributed by atoms with Crippen molar-refractivity contribution in [3.63, 3.8) is 0 Å². The number of hydrogen-bond donors (Lipinski definition) is 6.